The van der Waals surface area contributed by atoms with Crippen LogP contribution in [0, 0.1) is 18.3 Å². The van der Waals surface area contributed by atoms with Gasteiger partial charge in [0.05, 0.1) is 11.3 Å². The number of aromatic nitrogens is 1. The number of carbonyl (C=O) groups excluding carboxylic acids is 2. The molecular weight excluding hydrogens is 322 g/mol. The van der Waals surface area contributed by atoms with E-state index >= 15 is 0 Å². The monoisotopic (exact) mass is 345 g/mol. The first kappa shape index (κ1) is 18.5. The number of hydrogen-bond donors (Lipinski definition) is 0. The predicted octanol–water partition coefficient (Wildman–Crippen LogP) is 3.35. The quantitative estimate of drug-likeness (QED) is 0.604. The van der Waals surface area contributed by atoms with Crippen molar-refractivity contribution in [3.05, 3.63) is 22.9 Å². The summed E-state index contributed by atoms with van der Waals surface area (Å²) in [5.41, 5.74) is 1.41. The molecule has 1 aliphatic carbocycles. The zero-order chi connectivity index (χ0) is 17.7. The molecule has 0 aliphatic heterocycles. The molecular formula is C18H23N3O2S. The van der Waals surface area contributed by atoms with Crippen molar-refractivity contribution in [1.29, 1.82) is 5.26 Å². The number of Topliss-reactive ketones (excluding diaryl/α,β-unsaturated/α-hetero) is 1. The lowest BCUT2D eigenvalue weighted by Gasteiger charge is -2.31. The van der Waals surface area contributed by atoms with Gasteiger partial charge < -0.3 is 4.90 Å². The Morgan fingerprint density at radius 2 is 2.04 bits per heavy atom. The van der Waals surface area contributed by atoms with Crippen molar-refractivity contribution in [2.75, 3.05) is 12.8 Å². The van der Waals surface area contributed by atoms with E-state index in [1.807, 2.05) is 11.9 Å². The molecule has 128 valence electrons. The zero-order valence-electron chi connectivity index (χ0n) is 14.5. The largest absolute Gasteiger partial charge is 0.342 e. The average molecular weight is 345 g/mol. The van der Waals surface area contributed by atoms with Crippen LogP contribution >= 0.6 is 11.8 Å². The van der Waals surface area contributed by atoms with Gasteiger partial charge in [0, 0.05) is 24.3 Å². The van der Waals surface area contributed by atoms with Gasteiger partial charge in [-0.3, -0.25) is 9.59 Å². The van der Waals surface area contributed by atoms with Gasteiger partial charge in [-0.1, -0.05) is 31.0 Å². The van der Waals surface area contributed by atoms with Gasteiger partial charge in [0.1, 0.15) is 11.1 Å². The predicted molar refractivity (Wildman–Crippen MR) is 94.1 cm³/mol. The Kier molecular flexibility index (Phi) is 6.38. The maximum absolute atomic E-state index is 12.4. The number of pyridine rings is 1. The summed E-state index contributed by atoms with van der Waals surface area (Å²) in [5.74, 6) is 0.208. The van der Waals surface area contributed by atoms with Crippen LogP contribution in [0.1, 0.15) is 60.6 Å². The number of hydrogen-bond acceptors (Lipinski definition) is 5. The summed E-state index contributed by atoms with van der Waals surface area (Å²) >= 11 is 1.27. The number of nitrogens with zero attached hydrogens (tertiary/aromatic N) is 3. The fourth-order valence-corrected chi connectivity index (χ4v) is 3.96. The van der Waals surface area contributed by atoms with Gasteiger partial charge in [0.25, 0.3) is 0 Å². The second-order valence-corrected chi connectivity index (χ2v) is 7.19. The highest BCUT2D eigenvalue weighted by molar-refractivity contribution is 7.99. The fraction of sp³-hybridized carbons (Fsp3) is 0.556. The Balaban J connectivity index is 2.05. The Morgan fingerprint density at radius 1 is 1.38 bits per heavy atom. The molecule has 1 fully saturated rings. The van der Waals surface area contributed by atoms with Gasteiger partial charge in [-0.2, -0.15) is 5.26 Å². The van der Waals surface area contributed by atoms with Gasteiger partial charge in [-0.05, 0) is 32.8 Å². The van der Waals surface area contributed by atoms with E-state index in [0.717, 1.165) is 12.8 Å². The van der Waals surface area contributed by atoms with Crippen molar-refractivity contribution in [1.82, 2.24) is 9.88 Å². The molecule has 0 radical (unpaired) electrons. The summed E-state index contributed by atoms with van der Waals surface area (Å²) in [5, 5.41) is 9.80. The minimum absolute atomic E-state index is 0.0610. The van der Waals surface area contributed by atoms with E-state index < -0.39 is 0 Å². The first-order valence-corrected chi connectivity index (χ1v) is 9.23. The normalized spacial score (nSPS) is 14.9. The molecule has 1 aromatic rings. The van der Waals surface area contributed by atoms with E-state index in [-0.39, 0.29) is 17.4 Å². The lowest BCUT2D eigenvalue weighted by molar-refractivity contribution is -0.129. The molecule has 0 atom stereocenters. The van der Waals surface area contributed by atoms with Crippen LogP contribution in [0.2, 0.25) is 0 Å². The van der Waals surface area contributed by atoms with Crippen LogP contribution < -0.4 is 0 Å². The van der Waals surface area contributed by atoms with Gasteiger partial charge >= 0.3 is 0 Å². The second-order valence-electron chi connectivity index (χ2n) is 6.23. The molecule has 1 heterocycles. The highest BCUT2D eigenvalue weighted by Crippen LogP contribution is 2.25. The van der Waals surface area contributed by atoms with Gasteiger partial charge in [-0.25, -0.2) is 4.98 Å². The van der Waals surface area contributed by atoms with Crippen LogP contribution in [0.3, 0.4) is 0 Å². The second kappa shape index (κ2) is 8.29. The van der Waals surface area contributed by atoms with Crippen molar-refractivity contribution in [3.63, 3.8) is 0 Å². The van der Waals surface area contributed by atoms with Crippen LogP contribution in [-0.4, -0.2) is 40.4 Å². The molecule has 1 amide bonds. The van der Waals surface area contributed by atoms with Gasteiger partial charge in [0.2, 0.25) is 5.91 Å². The molecule has 0 unspecified atom stereocenters. The number of rotatable bonds is 5. The lowest BCUT2D eigenvalue weighted by atomic mass is 9.94. The van der Waals surface area contributed by atoms with E-state index in [2.05, 4.69) is 11.1 Å². The van der Waals surface area contributed by atoms with Crippen molar-refractivity contribution in [3.8, 4) is 6.07 Å². The topological polar surface area (TPSA) is 74.1 Å². The minimum atomic E-state index is -0.110. The summed E-state index contributed by atoms with van der Waals surface area (Å²) in [7, 11) is 1.86. The van der Waals surface area contributed by atoms with E-state index in [9.17, 15) is 14.9 Å². The molecule has 1 aromatic heterocycles. The fourth-order valence-electron chi connectivity index (χ4n) is 3.03. The average Bonchev–Trinajstić information content (AvgIpc) is 2.59. The van der Waals surface area contributed by atoms with Gasteiger partial charge in [0.15, 0.2) is 5.78 Å². The summed E-state index contributed by atoms with van der Waals surface area (Å²) < 4.78 is 0. The van der Waals surface area contributed by atoms with E-state index in [4.69, 9.17) is 0 Å². The Bertz CT molecular complexity index is 676. The maximum atomic E-state index is 12.4. The number of aryl methyl sites for hydroxylation is 1. The lowest BCUT2D eigenvalue weighted by Crippen LogP contribution is -2.39. The van der Waals surface area contributed by atoms with Crippen LogP contribution in [0.5, 0.6) is 0 Å². The first-order chi connectivity index (χ1) is 11.4. The third-order valence-corrected chi connectivity index (χ3v) is 5.50. The highest BCUT2D eigenvalue weighted by atomic mass is 32.2. The molecule has 0 saturated heterocycles. The molecule has 1 aliphatic rings. The smallest absolute Gasteiger partial charge is 0.232 e. The maximum Gasteiger partial charge on any atom is 0.232 e. The van der Waals surface area contributed by atoms with Crippen molar-refractivity contribution >= 4 is 23.5 Å². The Labute approximate surface area is 147 Å². The number of ketones is 1. The van der Waals surface area contributed by atoms with E-state index in [1.54, 1.807) is 13.0 Å². The summed E-state index contributed by atoms with van der Waals surface area (Å²) in [6.07, 6.45) is 5.76. The molecule has 2 rings (SSSR count). The summed E-state index contributed by atoms with van der Waals surface area (Å²) in [4.78, 5) is 30.2. The number of carbonyl (C=O) groups is 2. The molecule has 0 aromatic carbocycles. The molecule has 24 heavy (non-hydrogen) atoms. The molecule has 0 spiro atoms. The third kappa shape index (κ3) is 4.35. The molecule has 0 N–H and O–H groups in total. The Hall–Kier alpha value is -1.87. The molecule has 1 saturated carbocycles. The summed E-state index contributed by atoms with van der Waals surface area (Å²) in [6.45, 7) is 3.21. The zero-order valence-corrected chi connectivity index (χ0v) is 15.3. The summed E-state index contributed by atoms with van der Waals surface area (Å²) in [6, 6.07) is 3.98. The highest BCUT2D eigenvalue weighted by Gasteiger charge is 2.22. The Morgan fingerprint density at radius 3 is 2.62 bits per heavy atom. The van der Waals surface area contributed by atoms with Crippen molar-refractivity contribution in [2.24, 2.45) is 0 Å². The van der Waals surface area contributed by atoms with E-state index in [1.165, 1.54) is 37.9 Å². The van der Waals surface area contributed by atoms with Crippen molar-refractivity contribution < 1.29 is 9.59 Å². The number of thioether (sulfide) groups is 1. The number of amides is 1. The van der Waals surface area contributed by atoms with Crippen LogP contribution in [0.15, 0.2) is 11.1 Å². The van der Waals surface area contributed by atoms with Gasteiger partial charge in [-0.15, -0.1) is 0 Å². The number of nitriles is 1. The molecule has 5 nitrogen and oxygen atoms in total. The van der Waals surface area contributed by atoms with Crippen molar-refractivity contribution in [2.45, 2.75) is 57.0 Å². The van der Waals surface area contributed by atoms with E-state index in [0.29, 0.717) is 27.9 Å². The SMILES string of the molecule is CC(=O)c1cc(C#N)c(SCC(=O)N(C)C2CCCCC2)nc1C. The van der Waals surface area contributed by atoms with Crippen LogP contribution in [0.25, 0.3) is 0 Å². The van der Waals surface area contributed by atoms with Crippen LogP contribution in [-0.2, 0) is 4.79 Å². The molecule has 0 bridgehead atoms. The van der Waals surface area contributed by atoms with Crippen LogP contribution in [0.4, 0.5) is 0 Å². The standard InChI is InChI=1S/C18H23N3O2S/c1-12-16(13(2)22)9-14(10-19)18(20-12)24-11-17(23)21(3)15-7-5-4-6-8-15/h9,15H,4-8,11H2,1-3H3. The minimum Gasteiger partial charge on any atom is -0.342 e. The third-order valence-electron chi connectivity index (χ3n) is 4.53. The molecule has 6 heteroatoms. The first-order valence-electron chi connectivity index (χ1n) is 8.25.